The number of ether oxygens (including phenoxy) is 1. The zero-order valence-electron chi connectivity index (χ0n) is 10.8. The highest BCUT2D eigenvalue weighted by atomic mass is 79.9. The molecule has 0 aliphatic heterocycles. The second-order valence-corrected chi connectivity index (χ2v) is 4.91. The van der Waals surface area contributed by atoms with Crippen LogP contribution in [0.5, 0.6) is 0 Å². The summed E-state index contributed by atoms with van der Waals surface area (Å²) in [5.41, 5.74) is -1.07. The Morgan fingerprint density at radius 2 is 1.95 bits per heavy atom. The third-order valence-corrected chi connectivity index (χ3v) is 3.64. The van der Waals surface area contributed by atoms with Crippen LogP contribution in [0.1, 0.15) is 40.2 Å². The molecule has 0 aliphatic carbocycles. The Balaban J connectivity index is 3.38. The van der Waals surface area contributed by atoms with Crippen LogP contribution in [0.4, 0.5) is 13.2 Å². The molecule has 0 aromatic heterocycles. The Labute approximate surface area is 122 Å². The molecule has 1 unspecified atom stereocenters. The number of hydrogen-bond acceptors (Lipinski definition) is 3. The molecular weight excluding hydrogens is 341 g/mol. The van der Waals surface area contributed by atoms with Crippen LogP contribution in [0.3, 0.4) is 0 Å². The van der Waals surface area contributed by atoms with Gasteiger partial charge in [0, 0.05) is 0 Å². The van der Waals surface area contributed by atoms with Crippen LogP contribution in [0.25, 0.3) is 0 Å². The van der Waals surface area contributed by atoms with Gasteiger partial charge in [-0.1, -0.05) is 22.0 Å². The van der Waals surface area contributed by atoms with E-state index in [-0.39, 0.29) is 23.5 Å². The number of Topliss-reactive ketones (excluding diaryl/α,β-unsaturated/α-hetero) is 1. The molecule has 7 heteroatoms. The van der Waals surface area contributed by atoms with Gasteiger partial charge in [0.05, 0.1) is 22.6 Å². The largest absolute Gasteiger partial charge is 0.462 e. The van der Waals surface area contributed by atoms with Crippen LogP contribution in [0.15, 0.2) is 18.2 Å². The van der Waals surface area contributed by atoms with Crippen molar-refractivity contribution in [3.63, 3.8) is 0 Å². The van der Waals surface area contributed by atoms with Gasteiger partial charge in [0.15, 0.2) is 0 Å². The molecule has 0 amide bonds. The molecule has 1 rings (SSSR count). The number of alkyl halides is 4. The molecule has 20 heavy (non-hydrogen) atoms. The second-order valence-electron chi connectivity index (χ2n) is 3.99. The molecule has 1 atom stereocenters. The lowest BCUT2D eigenvalue weighted by molar-refractivity contribution is -0.137. The Kier molecular flexibility index (Phi) is 5.33. The van der Waals surface area contributed by atoms with Crippen LogP contribution < -0.4 is 0 Å². The zero-order valence-corrected chi connectivity index (χ0v) is 12.3. The van der Waals surface area contributed by atoms with Gasteiger partial charge in [-0.25, -0.2) is 4.79 Å². The third kappa shape index (κ3) is 3.82. The molecule has 1 aromatic rings. The summed E-state index contributed by atoms with van der Waals surface area (Å²) in [4.78, 5) is 22.2. The summed E-state index contributed by atoms with van der Waals surface area (Å²) in [5.74, 6) is -1.21. The topological polar surface area (TPSA) is 43.4 Å². The van der Waals surface area contributed by atoms with Crippen LogP contribution >= 0.6 is 15.9 Å². The third-order valence-electron chi connectivity index (χ3n) is 2.51. The van der Waals surface area contributed by atoms with E-state index in [0.717, 1.165) is 12.1 Å². The van der Waals surface area contributed by atoms with Crippen LogP contribution in [-0.4, -0.2) is 18.4 Å². The molecule has 1 aromatic carbocycles. The maximum Gasteiger partial charge on any atom is 0.416 e. The first-order chi connectivity index (χ1) is 9.18. The minimum atomic E-state index is -4.57. The molecule has 0 N–H and O–H groups in total. The number of carbonyl (C=O) groups excluding carboxylic acids is 2. The number of carbonyl (C=O) groups is 2. The molecule has 0 radical (unpaired) electrons. The average molecular weight is 353 g/mol. The Morgan fingerprint density at radius 1 is 1.35 bits per heavy atom. The van der Waals surface area contributed by atoms with Crippen molar-refractivity contribution in [3.05, 3.63) is 34.9 Å². The highest BCUT2D eigenvalue weighted by Crippen LogP contribution is 2.34. The van der Waals surface area contributed by atoms with E-state index in [1.807, 2.05) is 0 Å². The first kappa shape index (κ1) is 16.7. The van der Waals surface area contributed by atoms with E-state index in [1.54, 1.807) is 6.92 Å². The zero-order chi connectivity index (χ0) is 15.5. The van der Waals surface area contributed by atoms with Gasteiger partial charge in [0.2, 0.25) is 0 Å². The predicted octanol–water partition coefficient (Wildman–Crippen LogP) is 3.91. The quantitative estimate of drug-likeness (QED) is 0.609. The molecule has 0 bridgehead atoms. The number of rotatable bonds is 4. The summed E-state index contributed by atoms with van der Waals surface area (Å²) in [6.07, 6.45) is -4.57. The van der Waals surface area contributed by atoms with E-state index in [2.05, 4.69) is 15.9 Å². The molecule has 0 spiro atoms. The summed E-state index contributed by atoms with van der Waals surface area (Å²) < 4.78 is 42.8. The molecule has 0 fully saturated rings. The Hall–Kier alpha value is -1.37. The summed E-state index contributed by atoms with van der Waals surface area (Å²) in [5, 5.41) is 0. The van der Waals surface area contributed by atoms with Crippen LogP contribution in [-0.2, 0) is 15.7 Å². The maximum atomic E-state index is 12.7. The van der Waals surface area contributed by atoms with Gasteiger partial charge in [-0.3, -0.25) is 4.79 Å². The Morgan fingerprint density at radius 3 is 2.40 bits per heavy atom. The van der Waals surface area contributed by atoms with Crippen LogP contribution in [0.2, 0.25) is 0 Å². The number of ketones is 1. The lowest BCUT2D eigenvalue weighted by Crippen LogP contribution is -2.15. The van der Waals surface area contributed by atoms with Crippen molar-refractivity contribution in [3.8, 4) is 0 Å². The minimum absolute atomic E-state index is 0.0293. The summed E-state index contributed by atoms with van der Waals surface area (Å²) in [6, 6.07) is 2.63. The molecule has 0 heterocycles. The van der Waals surface area contributed by atoms with E-state index in [0.29, 0.717) is 6.07 Å². The second kappa shape index (κ2) is 6.39. The normalized spacial score (nSPS) is 12.9. The predicted molar refractivity (Wildman–Crippen MR) is 69.7 cm³/mol. The number of halogens is 4. The van der Waals surface area contributed by atoms with Gasteiger partial charge in [-0.2, -0.15) is 13.2 Å². The molecule has 0 saturated carbocycles. The van der Waals surface area contributed by atoms with E-state index >= 15 is 0 Å². The highest BCUT2D eigenvalue weighted by molar-refractivity contribution is 9.09. The lowest BCUT2D eigenvalue weighted by atomic mass is 9.99. The first-order valence-electron chi connectivity index (χ1n) is 5.71. The van der Waals surface area contributed by atoms with Crippen LogP contribution in [0, 0.1) is 0 Å². The standard InChI is InChI=1S/C13H12BrF3O3/c1-3-20-12(19)10-6-8(13(15,16)17)4-5-9(10)11(14)7(2)18/h4-6,11H,3H2,1-2H3. The lowest BCUT2D eigenvalue weighted by Gasteiger charge is -2.15. The summed E-state index contributed by atoms with van der Waals surface area (Å²) in [6.45, 7) is 2.84. The van der Waals surface area contributed by atoms with Gasteiger partial charge < -0.3 is 4.74 Å². The van der Waals surface area contributed by atoms with Gasteiger partial charge in [0.25, 0.3) is 0 Å². The maximum absolute atomic E-state index is 12.7. The molecular formula is C13H12BrF3O3. The minimum Gasteiger partial charge on any atom is -0.462 e. The smallest absolute Gasteiger partial charge is 0.416 e. The van der Waals surface area contributed by atoms with Crippen molar-refractivity contribution in [2.45, 2.75) is 24.9 Å². The van der Waals surface area contributed by atoms with E-state index in [9.17, 15) is 22.8 Å². The molecule has 3 nitrogen and oxygen atoms in total. The molecule has 0 saturated heterocycles. The summed E-state index contributed by atoms with van der Waals surface area (Å²) in [7, 11) is 0. The summed E-state index contributed by atoms with van der Waals surface area (Å²) >= 11 is 3.06. The Bertz CT molecular complexity index is 526. The monoisotopic (exact) mass is 352 g/mol. The van der Waals surface area contributed by atoms with E-state index < -0.39 is 22.5 Å². The van der Waals surface area contributed by atoms with Crippen molar-refractivity contribution in [1.29, 1.82) is 0 Å². The fraction of sp³-hybridized carbons (Fsp3) is 0.385. The van der Waals surface area contributed by atoms with Crippen molar-refractivity contribution in [1.82, 2.24) is 0 Å². The number of esters is 1. The number of hydrogen-bond donors (Lipinski definition) is 0. The SMILES string of the molecule is CCOC(=O)c1cc(C(F)(F)F)ccc1C(Br)C(C)=O. The fourth-order valence-electron chi connectivity index (χ4n) is 1.56. The van der Waals surface area contributed by atoms with Gasteiger partial charge in [0.1, 0.15) is 5.78 Å². The van der Waals surface area contributed by atoms with Crippen molar-refractivity contribution >= 4 is 27.7 Å². The molecule has 0 aliphatic rings. The van der Waals surface area contributed by atoms with E-state index in [4.69, 9.17) is 4.74 Å². The fourth-order valence-corrected chi connectivity index (χ4v) is 1.96. The number of benzene rings is 1. The van der Waals surface area contributed by atoms with Gasteiger partial charge in [-0.05, 0) is 31.5 Å². The molecule has 110 valence electrons. The van der Waals surface area contributed by atoms with Crippen molar-refractivity contribution in [2.24, 2.45) is 0 Å². The van der Waals surface area contributed by atoms with Gasteiger partial charge in [-0.15, -0.1) is 0 Å². The average Bonchev–Trinajstić information content (AvgIpc) is 2.36. The highest BCUT2D eigenvalue weighted by Gasteiger charge is 2.33. The first-order valence-corrected chi connectivity index (χ1v) is 6.62. The van der Waals surface area contributed by atoms with Crippen molar-refractivity contribution in [2.75, 3.05) is 6.61 Å². The van der Waals surface area contributed by atoms with Gasteiger partial charge >= 0.3 is 12.1 Å². The van der Waals surface area contributed by atoms with E-state index in [1.165, 1.54) is 6.92 Å². The van der Waals surface area contributed by atoms with Crippen molar-refractivity contribution < 1.29 is 27.5 Å².